The van der Waals surface area contributed by atoms with Crippen LogP contribution in [0.4, 0.5) is 0 Å². The maximum Gasteiger partial charge on any atom is 0.326 e. The number of nitrogens with two attached hydrogens (primary N) is 1. The minimum atomic E-state index is -1.14. The SMILES string of the molecule is CC(C)C[C@H](NC(=O)[C@@H]1CCCN1C(=O)[C@@H]1CCCN1C(=O)[C@H](Cc1ccccc1)NC(=O)[C@@H]1CCCN1C(=O)[C@@H](N)Cc1ccc(O)cc1)C(=O)O. The highest BCUT2D eigenvalue weighted by Gasteiger charge is 2.45. The number of aromatic hydroxyl groups is 1. The van der Waals surface area contributed by atoms with E-state index >= 15 is 0 Å². The molecule has 2 aromatic rings. The first-order valence-electron chi connectivity index (χ1n) is 18.7. The first kappa shape index (κ1) is 39.2. The molecule has 2 aromatic carbocycles. The number of carboxylic acids is 1. The summed E-state index contributed by atoms with van der Waals surface area (Å²) in [5.41, 5.74) is 7.88. The van der Waals surface area contributed by atoms with Crippen LogP contribution in [0.5, 0.6) is 5.75 Å². The predicted octanol–water partition coefficient (Wildman–Crippen LogP) is 1.58. The lowest BCUT2D eigenvalue weighted by Crippen LogP contribution is -2.59. The van der Waals surface area contributed by atoms with Gasteiger partial charge in [0.1, 0.15) is 36.0 Å². The van der Waals surface area contributed by atoms with Crippen LogP contribution in [0.3, 0.4) is 0 Å². The molecule has 5 rings (SSSR count). The fourth-order valence-corrected chi connectivity index (χ4v) is 7.75. The molecule has 6 atom stereocenters. The van der Waals surface area contributed by atoms with Gasteiger partial charge in [0, 0.05) is 26.1 Å². The van der Waals surface area contributed by atoms with Crippen LogP contribution in [0, 0.1) is 5.92 Å². The number of nitrogens with zero attached hydrogens (tertiary/aromatic N) is 3. The highest BCUT2D eigenvalue weighted by atomic mass is 16.4. The van der Waals surface area contributed by atoms with E-state index in [1.54, 1.807) is 12.1 Å². The van der Waals surface area contributed by atoms with E-state index in [1.807, 2.05) is 44.2 Å². The Labute approximate surface area is 310 Å². The largest absolute Gasteiger partial charge is 0.508 e. The number of nitrogens with one attached hydrogen (secondary N) is 2. The third kappa shape index (κ3) is 9.72. The maximum atomic E-state index is 14.4. The number of carbonyl (C=O) groups excluding carboxylic acids is 5. The summed E-state index contributed by atoms with van der Waals surface area (Å²) in [6.45, 7) is 4.67. The van der Waals surface area contributed by atoms with Gasteiger partial charge in [-0.3, -0.25) is 24.0 Å². The van der Waals surface area contributed by atoms with Gasteiger partial charge in [0.2, 0.25) is 29.5 Å². The number of carbonyl (C=O) groups is 6. The van der Waals surface area contributed by atoms with Crippen molar-refractivity contribution in [2.75, 3.05) is 19.6 Å². The predicted molar refractivity (Wildman–Crippen MR) is 195 cm³/mol. The number of hydrogen-bond donors (Lipinski definition) is 5. The highest BCUT2D eigenvalue weighted by molar-refractivity contribution is 5.97. The molecule has 0 bridgehead atoms. The summed E-state index contributed by atoms with van der Waals surface area (Å²) in [6, 6.07) is 10.1. The Balaban J connectivity index is 1.29. The average Bonchev–Trinajstić information content (AvgIpc) is 3.93. The molecular weight excluding hydrogens is 680 g/mol. The van der Waals surface area contributed by atoms with Crippen molar-refractivity contribution in [3.63, 3.8) is 0 Å². The quantitative estimate of drug-likeness (QED) is 0.191. The van der Waals surface area contributed by atoms with Crippen LogP contribution in [-0.4, -0.2) is 116 Å². The van der Waals surface area contributed by atoms with Gasteiger partial charge in [0.15, 0.2) is 0 Å². The fraction of sp³-hybridized carbons (Fsp3) is 0.538. The van der Waals surface area contributed by atoms with Crippen molar-refractivity contribution >= 4 is 35.5 Å². The van der Waals surface area contributed by atoms with Crippen molar-refractivity contribution in [3.05, 3.63) is 65.7 Å². The lowest BCUT2D eigenvalue weighted by molar-refractivity contribution is -0.149. The Bertz CT molecular complexity index is 1640. The maximum absolute atomic E-state index is 14.4. The van der Waals surface area contributed by atoms with E-state index in [0.717, 1.165) is 11.1 Å². The van der Waals surface area contributed by atoms with E-state index in [2.05, 4.69) is 10.6 Å². The number of phenols is 1. The van der Waals surface area contributed by atoms with E-state index in [4.69, 9.17) is 5.73 Å². The van der Waals surface area contributed by atoms with Crippen molar-refractivity contribution in [2.24, 2.45) is 11.7 Å². The van der Waals surface area contributed by atoms with Crippen LogP contribution in [0.15, 0.2) is 54.6 Å². The summed E-state index contributed by atoms with van der Waals surface area (Å²) >= 11 is 0. The molecule has 3 saturated heterocycles. The second kappa shape index (κ2) is 17.7. The number of benzene rings is 2. The van der Waals surface area contributed by atoms with Gasteiger partial charge in [-0.2, -0.15) is 0 Å². The number of carboxylic acid groups (broad SMARTS) is 1. The first-order chi connectivity index (χ1) is 25.3. The van der Waals surface area contributed by atoms with Crippen molar-refractivity contribution in [1.82, 2.24) is 25.3 Å². The van der Waals surface area contributed by atoms with Gasteiger partial charge in [-0.05, 0) is 80.5 Å². The van der Waals surface area contributed by atoms with Crippen LogP contribution in [-0.2, 0) is 41.6 Å². The lowest BCUT2D eigenvalue weighted by Gasteiger charge is -2.34. The van der Waals surface area contributed by atoms with Gasteiger partial charge in [-0.25, -0.2) is 4.79 Å². The zero-order chi connectivity index (χ0) is 38.2. The van der Waals surface area contributed by atoms with E-state index in [9.17, 15) is 39.0 Å². The molecule has 3 aliphatic heterocycles. The van der Waals surface area contributed by atoms with Crippen molar-refractivity contribution in [1.29, 1.82) is 0 Å². The number of likely N-dealkylation sites (tertiary alicyclic amines) is 3. The molecule has 5 amide bonds. The fourth-order valence-electron chi connectivity index (χ4n) is 7.75. The van der Waals surface area contributed by atoms with E-state index in [1.165, 1.54) is 26.8 Å². The molecule has 0 spiro atoms. The smallest absolute Gasteiger partial charge is 0.326 e. The highest BCUT2D eigenvalue weighted by Crippen LogP contribution is 2.27. The second-order valence-corrected chi connectivity index (χ2v) is 14.8. The Kier molecular flexibility index (Phi) is 13.1. The number of amides is 5. The lowest BCUT2D eigenvalue weighted by atomic mass is 10.0. The van der Waals surface area contributed by atoms with Gasteiger partial charge in [0.05, 0.1) is 6.04 Å². The number of rotatable bonds is 14. The first-order valence-corrected chi connectivity index (χ1v) is 18.7. The molecule has 14 nitrogen and oxygen atoms in total. The Morgan fingerprint density at radius 3 is 1.79 bits per heavy atom. The summed E-state index contributed by atoms with van der Waals surface area (Å²) in [6.07, 6.45) is 3.51. The van der Waals surface area contributed by atoms with Crippen molar-refractivity contribution in [2.45, 2.75) is 108 Å². The number of phenolic OH excluding ortho intramolecular Hbond substituents is 1. The summed E-state index contributed by atoms with van der Waals surface area (Å²) in [5.74, 6) is -3.18. The second-order valence-electron chi connectivity index (χ2n) is 14.8. The minimum absolute atomic E-state index is 0.0338. The molecule has 14 heteroatoms. The van der Waals surface area contributed by atoms with Gasteiger partial charge >= 0.3 is 5.97 Å². The molecule has 3 heterocycles. The summed E-state index contributed by atoms with van der Waals surface area (Å²) in [7, 11) is 0. The molecule has 53 heavy (non-hydrogen) atoms. The molecule has 286 valence electrons. The van der Waals surface area contributed by atoms with Crippen LogP contribution in [0.1, 0.15) is 69.9 Å². The van der Waals surface area contributed by atoms with E-state index < -0.39 is 59.9 Å². The van der Waals surface area contributed by atoms with Crippen molar-refractivity contribution in [3.8, 4) is 5.75 Å². The Morgan fingerprint density at radius 1 is 0.698 bits per heavy atom. The molecule has 6 N–H and O–H groups in total. The summed E-state index contributed by atoms with van der Waals surface area (Å²) in [5, 5.41) is 24.8. The van der Waals surface area contributed by atoms with Gasteiger partial charge in [-0.1, -0.05) is 56.3 Å². The van der Waals surface area contributed by atoms with Crippen LogP contribution in [0.25, 0.3) is 0 Å². The molecule has 0 aliphatic carbocycles. The van der Waals surface area contributed by atoms with Crippen LogP contribution < -0.4 is 16.4 Å². The number of aliphatic carboxylic acids is 1. The van der Waals surface area contributed by atoms with Crippen LogP contribution in [0.2, 0.25) is 0 Å². The van der Waals surface area contributed by atoms with Gasteiger partial charge in [-0.15, -0.1) is 0 Å². The third-order valence-corrected chi connectivity index (χ3v) is 10.4. The van der Waals surface area contributed by atoms with Gasteiger partial charge in [0.25, 0.3) is 0 Å². The summed E-state index contributed by atoms with van der Waals surface area (Å²) < 4.78 is 0. The van der Waals surface area contributed by atoms with E-state index in [-0.39, 0.29) is 49.3 Å². The molecule has 0 saturated carbocycles. The van der Waals surface area contributed by atoms with Gasteiger partial charge < -0.3 is 41.3 Å². The average molecular weight is 733 g/mol. The summed E-state index contributed by atoms with van der Waals surface area (Å²) in [4.78, 5) is 85.5. The topological polar surface area (TPSA) is 203 Å². The zero-order valence-corrected chi connectivity index (χ0v) is 30.5. The van der Waals surface area contributed by atoms with Crippen molar-refractivity contribution < 1.29 is 39.0 Å². The standard InChI is InChI=1S/C39H52N6O8/c1-24(2)21-30(39(52)53)42-35(48)32-12-7-19-44(32)38(51)33-13-8-20-45(33)37(50)29(23-25-9-4-3-5-10-25)41-34(47)31-11-6-18-43(31)36(49)28(40)22-26-14-16-27(46)17-15-26/h3-5,9-10,14-17,24,28-33,46H,6-8,11-13,18-23,40H2,1-2H3,(H,41,47)(H,42,48)(H,52,53)/t28-,29-,30-,31-,32-,33-/m0/s1. The molecule has 3 aliphatic rings. The monoisotopic (exact) mass is 732 g/mol. The molecular formula is C39H52N6O8. The van der Waals surface area contributed by atoms with E-state index in [0.29, 0.717) is 51.6 Å². The van der Waals surface area contributed by atoms with Crippen LogP contribution >= 0.6 is 0 Å². The zero-order valence-electron chi connectivity index (χ0n) is 30.5. The Morgan fingerprint density at radius 2 is 1.21 bits per heavy atom. The normalized spacial score (nSPS) is 21.7. The minimum Gasteiger partial charge on any atom is -0.508 e. The molecule has 0 aromatic heterocycles. The molecule has 0 unspecified atom stereocenters. The molecule has 3 fully saturated rings. The Hall–Kier alpha value is -4.98. The third-order valence-electron chi connectivity index (χ3n) is 10.4. The molecule has 0 radical (unpaired) electrons. The number of hydrogen-bond acceptors (Lipinski definition) is 8.